The summed E-state index contributed by atoms with van der Waals surface area (Å²) in [5.41, 5.74) is 2.84. The van der Waals surface area contributed by atoms with Crippen molar-refractivity contribution in [1.82, 2.24) is 39.7 Å². The SMILES string of the molecule is COc1cc(F)cnc1N1CCN(C(=O)c2cc3c([C@@H]4CCCN4C)cc(C4=CCCN(C(=O)CCn5ccnn5)C4)c(F)c3[nH]2)CC1. The molecule has 1 N–H and O–H groups in total. The zero-order chi connectivity index (χ0) is 33.4. The Kier molecular flexibility index (Phi) is 8.82. The number of likely N-dealkylation sites (tertiary alicyclic amines) is 1. The van der Waals surface area contributed by atoms with E-state index in [4.69, 9.17) is 4.74 Å². The van der Waals surface area contributed by atoms with Gasteiger partial charge in [0, 0.05) is 74.9 Å². The fraction of sp³-hybridized carbons (Fsp3) is 0.441. The number of hydrogen-bond donors (Lipinski definition) is 1. The van der Waals surface area contributed by atoms with Crippen LogP contribution < -0.4 is 9.64 Å². The second-order valence-electron chi connectivity index (χ2n) is 12.6. The lowest BCUT2D eigenvalue weighted by atomic mass is 9.92. The predicted octanol–water partition coefficient (Wildman–Crippen LogP) is 3.88. The van der Waals surface area contributed by atoms with Gasteiger partial charge >= 0.3 is 0 Å². The molecule has 1 aromatic carbocycles. The number of aryl methyl sites for hydroxylation is 1. The van der Waals surface area contributed by atoms with Gasteiger partial charge in [-0.2, -0.15) is 0 Å². The summed E-state index contributed by atoms with van der Waals surface area (Å²) in [7, 11) is 3.55. The molecular weight excluding hydrogens is 620 g/mol. The van der Waals surface area contributed by atoms with E-state index in [1.54, 1.807) is 32.9 Å². The van der Waals surface area contributed by atoms with Gasteiger partial charge in [-0.05, 0) is 56.1 Å². The highest BCUT2D eigenvalue weighted by Crippen LogP contribution is 2.40. The number of piperazine rings is 1. The van der Waals surface area contributed by atoms with Gasteiger partial charge in [-0.25, -0.2) is 13.8 Å². The zero-order valence-electron chi connectivity index (χ0n) is 27.2. The van der Waals surface area contributed by atoms with Gasteiger partial charge in [0.15, 0.2) is 17.4 Å². The van der Waals surface area contributed by atoms with Crippen LogP contribution >= 0.6 is 0 Å². The van der Waals surface area contributed by atoms with E-state index in [1.165, 1.54) is 13.2 Å². The number of pyridine rings is 1. The number of nitrogens with one attached hydrogen (secondary N) is 1. The lowest BCUT2D eigenvalue weighted by Crippen LogP contribution is -2.49. The third-order valence-electron chi connectivity index (χ3n) is 9.76. The van der Waals surface area contributed by atoms with Crippen LogP contribution in [0.15, 0.2) is 42.9 Å². The van der Waals surface area contributed by atoms with Crippen molar-refractivity contribution < 1.29 is 23.1 Å². The lowest BCUT2D eigenvalue weighted by molar-refractivity contribution is -0.131. The molecule has 6 heterocycles. The van der Waals surface area contributed by atoms with E-state index >= 15 is 4.39 Å². The summed E-state index contributed by atoms with van der Waals surface area (Å²) in [4.78, 5) is 42.1. The summed E-state index contributed by atoms with van der Waals surface area (Å²) in [6, 6.07) is 5.10. The lowest BCUT2D eigenvalue weighted by Gasteiger charge is -2.35. The van der Waals surface area contributed by atoms with Crippen LogP contribution in [0.4, 0.5) is 14.6 Å². The largest absolute Gasteiger partial charge is 0.493 e. The van der Waals surface area contributed by atoms with Gasteiger partial charge in [0.1, 0.15) is 11.5 Å². The molecule has 0 radical (unpaired) electrons. The first kappa shape index (κ1) is 31.7. The van der Waals surface area contributed by atoms with Gasteiger partial charge in [0.2, 0.25) is 5.91 Å². The molecule has 7 rings (SSSR count). The Hall–Kier alpha value is -4.85. The summed E-state index contributed by atoms with van der Waals surface area (Å²) < 4.78 is 37.2. The highest BCUT2D eigenvalue weighted by Gasteiger charge is 2.31. The molecule has 14 heteroatoms. The molecular formula is C34H39F2N9O3. The van der Waals surface area contributed by atoms with Crippen molar-refractivity contribution in [2.45, 2.75) is 38.3 Å². The maximum Gasteiger partial charge on any atom is 0.270 e. The molecule has 2 saturated heterocycles. The van der Waals surface area contributed by atoms with Gasteiger partial charge in [-0.3, -0.25) is 19.2 Å². The molecule has 3 aliphatic rings. The van der Waals surface area contributed by atoms with Crippen LogP contribution in [0, 0.1) is 11.6 Å². The van der Waals surface area contributed by atoms with Crippen molar-refractivity contribution in [3.63, 3.8) is 0 Å². The van der Waals surface area contributed by atoms with E-state index in [0.29, 0.717) is 86.0 Å². The number of H-pyrrole nitrogens is 1. The van der Waals surface area contributed by atoms with Gasteiger partial charge < -0.3 is 24.4 Å². The minimum absolute atomic E-state index is 0.0187. The van der Waals surface area contributed by atoms with Gasteiger partial charge in [-0.15, -0.1) is 5.10 Å². The van der Waals surface area contributed by atoms with E-state index in [1.807, 2.05) is 17.0 Å². The number of fused-ring (bicyclic) bond motifs is 1. The van der Waals surface area contributed by atoms with Crippen LogP contribution in [-0.4, -0.2) is 111 Å². The molecule has 3 aliphatic heterocycles. The monoisotopic (exact) mass is 659 g/mol. The molecule has 0 aliphatic carbocycles. The minimum Gasteiger partial charge on any atom is -0.493 e. The number of hydrogen-bond acceptors (Lipinski definition) is 8. The number of carbonyl (C=O) groups is 2. The summed E-state index contributed by atoms with van der Waals surface area (Å²) in [5, 5.41) is 8.44. The Balaban J connectivity index is 1.14. The number of benzene rings is 1. The molecule has 2 fully saturated rings. The first-order valence-corrected chi connectivity index (χ1v) is 16.4. The van der Waals surface area contributed by atoms with Gasteiger partial charge in [-0.1, -0.05) is 11.3 Å². The van der Waals surface area contributed by atoms with Gasteiger partial charge in [0.25, 0.3) is 5.91 Å². The van der Waals surface area contributed by atoms with Crippen LogP contribution in [-0.2, 0) is 11.3 Å². The van der Waals surface area contributed by atoms with Crippen LogP contribution in [0.3, 0.4) is 0 Å². The van der Waals surface area contributed by atoms with Crippen LogP contribution in [0.1, 0.15) is 53.3 Å². The molecule has 2 amide bonds. The Morgan fingerprint density at radius 3 is 2.62 bits per heavy atom. The summed E-state index contributed by atoms with van der Waals surface area (Å²) in [6.07, 6.45) is 9.34. The average molecular weight is 660 g/mol. The zero-order valence-corrected chi connectivity index (χ0v) is 27.2. The van der Waals surface area contributed by atoms with Gasteiger partial charge in [0.05, 0.1) is 31.6 Å². The van der Waals surface area contributed by atoms with E-state index in [2.05, 4.69) is 32.2 Å². The fourth-order valence-electron chi connectivity index (χ4n) is 7.18. The maximum atomic E-state index is 16.6. The molecule has 4 aromatic rings. The molecule has 48 heavy (non-hydrogen) atoms. The topological polar surface area (TPSA) is 116 Å². The number of ether oxygens (including phenoxy) is 1. The maximum absolute atomic E-state index is 16.6. The number of anilines is 1. The van der Waals surface area contributed by atoms with E-state index in [-0.39, 0.29) is 24.3 Å². The van der Waals surface area contributed by atoms with Crippen molar-refractivity contribution in [3.8, 4) is 5.75 Å². The van der Waals surface area contributed by atoms with Crippen molar-refractivity contribution >= 4 is 34.1 Å². The number of rotatable bonds is 8. The molecule has 1 atom stereocenters. The summed E-state index contributed by atoms with van der Waals surface area (Å²) in [6.45, 7) is 4.04. The van der Waals surface area contributed by atoms with E-state index < -0.39 is 11.6 Å². The highest BCUT2D eigenvalue weighted by molar-refractivity contribution is 6.00. The van der Waals surface area contributed by atoms with E-state index in [0.717, 1.165) is 36.7 Å². The Bertz CT molecular complexity index is 1850. The third kappa shape index (κ3) is 6.12. The standard InChI is InChI=1S/C34H39F2N9O3/c1-41-9-4-6-28(41)25-18-24(22-5-3-10-44(21-22)30(46)7-11-45-12-8-38-40-45)31(36)32-26(25)19-27(39-32)34(47)43-15-13-42(14-16-43)33-29(48-2)17-23(35)20-37-33/h5,8,12,17-20,28,39H,3-4,6-7,9-11,13-16,21H2,1-2H3/t28-/m0/s1. The molecule has 0 spiro atoms. The number of aromatic nitrogens is 5. The first-order chi connectivity index (χ1) is 23.3. The average Bonchev–Trinajstić information content (AvgIpc) is 3.89. The van der Waals surface area contributed by atoms with Crippen molar-refractivity contribution in [3.05, 3.63) is 71.3 Å². The number of amides is 2. The number of aromatic amines is 1. The number of methoxy groups -OCH3 is 1. The molecule has 12 nitrogen and oxygen atoms in total. The summed E-state index contributed by atoms with van der Waals surface area (Å²) in [5.74, 6) is -0.257. The second kappa shape index (κ2) is 13.3. The van der Waals surface area contributed by atoms with E-state index in [9.17, 15) is 14.0 Å². The third-order valence-corrected chi connectivity index (χ3v) is 9.76. The second-order valence-corrected chi connectivity index (χ2v) is 12.6. The van der Waals surface area contributed by atoms with Crippen LogP contribution in [0.5, 0.6) is 5.75 Å². The molecule has 0 saturated carbocycles. The van der Waals surface area contributed by atoms with Crippen molar-refractivity contribution in [2.24, 2.45) is 0 Å². The quantitative estimate of drug-likeness (QED) is 0.303. The van der Waals surface area contributed by atoms with Crippen LogP contribution in [0.2, 0.25) is 0 Å². The smallest absolute Gasteiger partial charge is 0.270 e. The molecule has 0 bridgehead atoms. The predicted molar refractivity (Wildman–Crippen MR) is 176 cm³/mol. The number of halogens is 2. The molecule has 3 aromatic heterocycles. The first-order valence-electron chi connectivity index (χ1n) is 16.4. The fourth-order valence-corrected chi connectivity index (χ4v) is 7.18. The highest BCUT2D eigenvalue weighted by atomic mass is 19.1. The molecule has 0 unspecified atom stereocenters. The Labute approximate surface area is 276 Å². The van der Waals surface area contributed by atoms with Crippen LogP contribution in [0.25, 0.3) is 16.5 Å². The molecule has 252 valence electrons. The minimum atomic E-state index is -0.480. The Morgan fingerprint density at radius 1 is 1.06 bits per heavy atom. The van der Waals surface area contributed by atoms with Crippen molar-refractivity contribution in [2.75, 3.05) is 64.9 Å². The number of nitrogens with zero attached hydrogens (tertiary/aromatic N) is 8. The Morgan fingerprint density at radius 2 is 1.90 bits per heavy atom. The number of carbonyl (C=O) groups excluding carboxylic acids is 2. The normalized spacial score (nSPS) is 18.9. The summed E-state index contributed by atoms with van der Waals surface area (Å²) >= 11 is 0. The van der Waals surface area contributed by atoms with Crippen molar-refractivity contribution in [1.29, 1.82) is 0 Å².